The quantitative estimate of drug-likeness (QED) is 0.893. The number of rotatable bonds is 5. The summed E-state index contributed by atoms with van der Waals surface area (Å²) in [7, 11) is -2.94. The van der Waals surface area contributed by atoms with Gasteiger partial charge >= 0.3 is 0 Å². The molecule has 2 rings (SSSR count). The van der Waals surface area contributed by atoms with Gasteiger partial charge in [-0.15, -0.1) is 0 Å². The SMILES string of the molecule is CC(C)c1ccc(C(=O)NCC2CC(S(C)(=O)=O)C2)cc1Cl. The second kappa shape index (κ2) is 6.59. The van der Waals surface area contributed by atoms with E-state index in [1.165, 1.54) is 6.26 Å². The van der Waals surface area contributed by atoms with Gasteiger partial charge in [-0.3, -0.25) is 4.79 Å². The first-order valence-electron chi connectivity index (χ1n) is 7.45. The topological polar surface area (TPSA) is 63.2 Å². The molecule has 1 saturated carbocycles. The van der Waals surface area contributed by atoms with Gasteiger partial charge in [0.2, 0.25) is 0 Å². The molecule has 0 unspecified atom stereocenters. The molecule has 1 aliphatic carbocycles. The fraction of sp³-hybridized carbons (Fsp3) is 0.562. The Morgan fingerprint density at radius 3 is 2.50 bits per heavy atom. The van der Waals surface area contributed by atoms with Crippen LogP contribution in [0.3, 0.4) is 0 Å². The molecule has 0 atom stereocenters. The van der Waals surface area contributed by atoms with Crippen LogP contribution in [0.25, 0.3) is 0 Å². The summed E-state index contributed by atoms with van der Waals surface area (Å²) in [5.74, 6) is 0.390. The lowest BCUT2D eigenvalue weighted by atomic mass is 9.85. The normalized spacial score (nSPS) is 21.5. The van der Waals surface area contributed by atoms with E-state index in [0.29, 0.717) is 35.9 Å². The van der Waals surface area contributed by atoms with Crippen molar-refractivity contribution in [3.63, 3.8) is 0 Å². The molecule has 0 heterocycles. The Labute approximate surface area is 137 Å². The summed E-state index contributed by atoms with van der Waals surface area (Å²) < 4.78 is 22.7. The van der Waals surface area contributed by atoms with Gasteiger partial charge < -0.3 is 5.32 Å². The molecular formula is C16H22ClNO3S. The maximum atomic E-state index is 12.1. The maximum Gasteiger partial charge on any atom is 0.251 e. The Morgan fingerprint density at radius 1 is 1.36 bits per heavy atom. The molecule has 1 aromatic rings. The third-order valence-corrected chi connectivity index (χ3v) is 6.16. The molecule has 1 aliphatic rings. The van der Waals surface area contributed by atoms with Crippen molar-refractivity contribution in [3.8, 4) is 0 Å². The minimum Gasteiger partial charge on any atom is -0.352 e. The van der Waals surface area contributed by atoms with Crippen LogP contribution in [0.4, 0.5) is 0 Å². The fourth-order valence-electron chi connectivity index (χ4n) is 2.67. The van der Waals surface area contributed by atoms with Gasteiger partial charge in [0.15, 0.2) is 0 Å². The van der Waals surface area contributed by atoms with Gasteiger partial charge in [0.05, 0.1) is 5.25 Å². The van der Waals surface area contributed by atoms with Crippen LogP contribution in [0.15, 0.2) is 18.2 Å². The van der Waals surface area contributed by atoms with Crippen molar-refractivity contribution in [2.45, 2.75) is 37.9 Å². The van der Waals surface area contributed by atoms with Crippen LogP contribution in [-0.2, 0) is 9.84 Å². The number of carbonyl (C=O) groups is 1. The number of benzene rings is 1. The lowest BCUT2D eigenvalue weighted by Gasteiger charge is -2.33. The molecule has 0 spiro atoms. The van der Waals surface area contributed by atoms with E-state index in [9.17, 15) is 13.2 Å². The molecular weight excluding hydrogens is 322 g/mol. The third kappa shape index (κ3) is 4.02. The van der Waals surface area contributed by atoms with Gasteiger partial charge in [0.25, 0.3) is 5.91 Å². The summed E-state index contributed by atoms with van der Waals surface area (Å²) in [6, 6.07) is 5.34. The Bertz CT molecular complexity index is 664. The second-order valence-electron chi connectivity index (χ2n) is 6.39. The Kier molecular flexibility index (Phi) is 5.17. The molecule has 1 amide bonds. The smallest absolute Gasteiger partial charge is 0.251 e. The molecule has 6 heteroatoms. The first kappa shape index (κ1) is 17.3. The minimum atomic E-state index is -2.94. The van der Waals surface area contributed by atoms with Crippen LogP contribution in [0.1, 0.15) is 48.5 Å². The average molecular weight is 344 g/mol. The Hall–Kier alpha value is -1.07. The summed E-state index contributed by atoms with van der Waals surface area (Å²) in [6.07, 6.45) is 2.53. The molecule has 0 bridgehead atoms. The van der Waals surface area contributed by atoms with E-state index >= 15 is 0 Å². The molecule has 0 saturated heterocycles. The van der Waals surface area contributed by atoms with Crippen LogP contribution in [-0.4, -0.2) is 32.4 Å². The van der Waals surface area contributed by atoms with Crippen LogP contribution < -0.4 is 5.32 Å². The first-order valence-corrected chi connectivity index (χ1v) is 9.78. The zero-order valence-electron chi connectivity index (χ0n) is 13.1. The summed E-state index contributed by atoms with van der Waals surface area (Å²) in [6.45, 7) is 4.61. The summed E-state index contributed by atoms with van der Waals surface area (Å²) in [5, 5.41) is 3.22. The molecule has 122 valence electrons. The zero-order valence-corrected chi connectivity index (χ0v) is 14.7. The van der Waals surface area contributed by atoms with Crippen molar-refractivity contribution in [3.05, 3.63) is 34.3 Å². The van der Waals surface area contributed by atoms with E-state index in [-0.39, 0.29) is 17.1 Å². The van der Waals surface area contributed by atoms with Crippen molar-refractivity contribution in [2.75, 3.05) is 12.8 Å². The molecule has 1 aromatic carbocycles. The highest BCUT2D eigenvalue weighted by Gasteiger charge is 2.36. The predicted molar refractivity (Wildman–Crippen MR) is 89.2 cm³/mol. The van der Waals surface area contributed by atoms with Crippen LogP contribution in [0.5, 0.6) is 0 Å². The number of hydrogen-bond acceptors (Lipinski definition) is 3. The zero-order chi connectivity index (χ0) is 16.5. The first-order chi connectivity index (χ1) is 10.2. The highest BCUT2D eigenvalue weighted by atomic mass is 35.5. The second-order valence-corrected chi connectivity index (χ2v) is 9.12. The molecule has 1 N–H and O–H groups in total. The molecule has 0 radical (unpaired) electrons. The van der Waals surface area contributed by atoms with Crippen molar-refractivity contribution < 1.29 is 13.2 Å². The van der Waals surface area contributed by atoms with Gasteiger partial charge in [-0.05, 0) is 42.4 Å². The summed E-state index contributed by atoms with van der Waals surface area (Å²) in [5.41, 5.74) is 1.56. The third-order valence-electron chi connectivity index (χ3n) is 4.23. The van der Waals surface area contributed by atoms with Crippen molar-refractivity contribution in [1.29, 1.82) is 0 Å². The Morgan fingerprint density at radius 2 is 2.00 bits per heavy atom. The number of sulfone groups is 1. The lowest BCUT2D eigenvalue weighted by molar-refractivity contribution is 0.0939. The summed E-state index contributed by atoms with van der Waals surface area (Å²) >= 11 is 6.19. The van der Waals surface area contributed by atoms with E-state index in [2.05, 4.69) is 19.2 Å². The van der Waals surface area contributed by atoms with Gasteiger partial charge in [0.1, 0.15) is 9.84 Å². The number of nitrogens with one attached hydrogen (secondary N) is 1. The largest absolute Gasteiger partial charge is 0.352 e. The molecule has 22 heavy (non-hydrogen) atoms. The van der Waals surface area contributed by atoms with Crippen molar-refractivity contribution >= 4 is 27.3 Å². The molecule has 0 aliphatic heterocycles. The molecule has 0 aromatic heterocycles. The van der Waals surface area contributed by atoms with E-state index in [1.807, 2.05) is 6.07 Å². The van der Waals surface area contributed by atoms with Crippen LogP contribution in [0, 0.1) is 5.92 Å². The number of hydrogen-bond donors (Lipinski definition) is 1. The van der Waals surface area contributed by atoms with E-state index < -0.39 is 9.84 Å². The highest BCUT2D eigenvalue weighted by Crippen LogP contribution is 2.32. The van der Waals surface area contributed by atoms with Crippen LogP contribution in [0.2, 0.25) is 5.02 Å². The van der Waals surface area contributed by atoms with E-state index in [0.717, 1.165) is 5.56 Å². The monoisotopic (exact) mass is 343 g/mol. The number of amides is 1. The molecule has 4 nitrogen and oxygen atoms in total. The number of halogens is 1. The van der Waals surface area contributed by atoms with Gasteiger partial charge in [-0.2, -0.15) is 0 Å². The Balaban J connectivity index is 1.88. The molecule has 1 fully saturated rings. The minimum absolute atomic E-state index is 0.167. The van der Waals surface area contributed by atoms with E-state index in [4.69, 9.17) is 11.6 Å². The van der Waals surface area contributed by atoms with Crippen molar-refractivity contribution in [2.24, 2.45) is 5.92 Å². The maximum absolute atomic E-state index is 12.1. The van der Waals surface area contributed by atoms with Crippen molar-refractivity contribution in [1.82, 2.24) is 5.32 Å². The van der Waals surface area contributed by atoms with Gasteiger partial charge in [-0.25, -0.2) is 8.42 Å². The van der Waals surface area contributed by atoms with Crippen LogP contribution >= 0.6 is 11.6 Å². The lowest BCUT2D eigenvalue weighted by Crippen LogP contribution is -2.41. The average Bonchev–Trinajstić information content (AvgIpc) is 2.34. The fourth-order valence-corrected chi connectivity index (χ4v) is 4.31. The van der Waals surface area contributed by atoms with E-state index in [1.54, 1.807) is 12.1 Å². The summed E-state index contributed by atoms with van der Waals surface area (Å²) in [4.78, 5) is 12.1. The number of carbonyl (C=O) groups excluding carboxylic acids is 1. The predicted octanol–water partition coefficient (Wildman–Crippen LogP) is 3.02. The highest BCUT2D eigenvalue weighted by molar-refractivity contribution is 7.91. The standard InChI is InChI=1S/C16H22ClNO3S/c1-10(2)14-5-4-12(8-15(14)17)16(19)18-9-11-6-13(7-11)22(3,20)21/h4-5,8,10-11,13H,6-7,9H2,1-3H3,(H,18,19). The van der Waals surface area contributed by atoms with Gasteiger partial charge in [-0.1, -0.05) is 31.5 Å². The van der Waals surface area contributed by atoms with Gasteiger partial charge in [0, 0.05) is 23.4 Å².